The summed E-state index contributed by atoms with van der Waals surface area (Å²) in [4.78, 5) is 4.25. The Morgan fingerprint density at radius 2 is 2.12 bits per heavy atom. The number of aryl methyl sites for hydroxylation is 1. The number of rotatable bonds is 3. The summed E-state index contributed by atoms with van der Waals surface area (Å²) in [7, 11) is 0. The van der Waals surface area contributed by atoms with Gasteiger partial charge in [0.2, 0.25) is 0 Å². The van der Waals surface area contributed by atoms with Crippen LogP contribution in [0.4, 0.5) is 5.69 Å². The van der Waals surface area contributed by atoms with Gasteiger partial charge in [0.05, 0.1) is 0 Å². The first-order valence-electron chi connectivity index (χ1n) is 5.31. The van der Waals surface area contributed by atoms with Crippen LogP contribution < -0.4 is 11.1 Å². The number of nitrogens with one attached hydrogen (secondary N) is 1. The molecule has 0 radical (unpaired) electrons. The zero-order valence-corrected chi connectivity index (χ0v) is 11.5. The van der Waals surface area contributed by atoms with Crippen molar-refractivity contribution in [1.29, 1.82) is 0 Å². The van der Waals surface area contributed by atoms with Crippen LogP contribution in [0.2, 0.25) is 0 Å². The highest BCUT2D eigenvalue weighted by atomic mass is 79.9. The highest BCUT2D eigenvalue weighted by Gasteiger charge is 1.98. The monoisotopic (exact) mass is 283 g/mol. The van der Waals surface area contributed by atoms with Gasteiger partial charge in [-0.1, -0.05) is 29.8 Å². The molecule has 3 nitrogen and oxygen atoms in total. The molecule has 0 fully saturated rings. The second-order valence-electron chi connectivity index (χ2n) is 4.26. The molecule has 0 aliphatic heterocycles. The maximum atomic E-state index is 5.78. The molecule has 1 aromatic rings. The molecule has 0 aromatic heterocycles. The van der Waals surface area contributed by atoms with E-state index in [1.807, 2.05) is 25.1 Å². The van der Waals surface area contributed by atoms with Crippen LogP contribution in [-0.4, -0.2) is 12.5 Å². The van der Waals surface area contributed by atoms with Gasteiger partial charge in [-0.3, -0.25) is 4.99 Å². The standard InChI is InChI=1S/C12H18BrN3/c1-8(2)7-15-12(14)16-11-5-9(3)4-10(13)6-11/h4-6,8H,7H2,1-3H3,(H3,14,15,16). The van der Waals surface area contributed by atoms with Crippen molar-refractivity contribution in [3.63, 3.8) is 0 Å². The lowest BCUT2D eigenvalue weighted by Gasteiger charge is -2.08. The topological polar surface area (TPSA) is 50.4 Å². The second-order valence-corrected chi connectivity index (χ2v) is 5.18. The van der Waals surface area contributed by atoms with Crippen LogP contribution in [-0.2, 0) is 0 Å². The van der Waals surface area contributed by atoms with E-state index in [2.05, 4.69) is 40.1 Å². The van der Waals surface area contributed by atoms with Crippen LogP contribution in [0.5, 0.6) is 0 Å². The molecule has 0 saturated heterocycles. The molecule has 0 aliphatic rings. The quantitative estimate of drug-likeness (QED) is 0.661. The zero-order chi connectivity index (χ0) is 12.1. The first-order chi connectivity index (χ1) is 7.47. The van der Waals surface area contributed by atoms with Crippen molar-refractivity contribution in [1.82, 2.24) is 0 Å². The Balaban J connectivity index is 2.69. The van der Waals surface area contributed by atoms with Gasteiger partial charge in [-0.25, -0.2) is 0 Å². The van der Waals surface area contributed by atoms with Crippen LogP contribution >= 0.6 is 15.9 Å². The van der Waals surface area contributed by atoms with Gasteiger partial charge < -0.3 is 11.1 Å². The van der Waals surface area contributed by atoms with Crippen molar-refractivity contribution in [3.05, 3.63) is 28.2 Å². The minimum atomic E-state index is 0.464. The van der Waals surface area contributed by atoms with Crippen molar-refractivity contribution in [2.45, 2.75) is 20.8 Å². The van der Waals surface area contributed by atoms with E-state index in [1.165, 1.54) is 5.56 Å². The number of anilines is 1. The first kappa shape index (κ1) is 13.0. The lowest BCUT2D eigenvalue weighted by atomic mass is 10.2. The Labute approximate surface area is 105 Å². The highest BCUT2D eigenvalue weighted by molar-refractivity contribution is 9.10. The highest BCUT2D eigenvalue weighted by Crippen LogP contribution is 2.18. The van der Waals surface area contributed by atoms with Gasteiger partial charge in [0.1, 0.15) is 0 Å². The summed E-state index contributed by atoms with van der Waals surface area (Å²) in [6.07, 6.45) is 0. The molecule has 0 heterocycles. The number of hydrogen-bond acceptors (Lipinski definition) is 1. The Morgan fingerprint density at radius 1 is 1.44 bits per heavy atom. The molecular weight excluding hydrogens is 266 g/mol. The average molecular weight is 284 g/mol. The van der Waals surface area contributed by atoms with Crippen LogP contribution in [0.25, 0.3) is 0 Å². The Bertz CT molecular complexity index is 366. The van der Waals surface area contributed by atoms with E-state index in [4.69, 9.17) is 5.73 Å². The minimum absolute atomic E-state index is 0.464. The Morgan fingerprint density at radius 3 is 2.69 bits per heavy atom. The lowest BCUT2D eigenvalue weighted by molar-refractivity contribution is 0.665. The number of guanidine groups is 1. The summed E-state index contributed by atoms with van der Waals surface area (Å²) >= 11 is 3.44. The van der Waals surface area contributed by atoms with Crippen LogP contribution in [0.15, 0.2) is 27.7 Å². The van der Waals surface area contributed by atoms with Gasteiger partial charge >= 0.3 is 0 Å². The van der Waals surface area contributed by atoms with Crippen molar-refractivity contribution < 1.29 is 0 Å². The summed E-state index contributed by atoms with van der Waals surface area (Å²) in [5.74, 6) is 0.982. The van der Waals surface area contributed by atoms with E-state index in [0.717, 1.165) is 16.7 Å². The zero-order valence-electron chi connectivity index (χ0n) is 9.92. The predicted octanol–water partition coefficient (Wildman–Crippen LogP) is 3.14. The molecule has 0 atom stereocenters. The largest absolute Gasteiger partial charge is 0.370 e. The number of aliphatic imine (C=N–C) groups is 1. The van der Waals surface area contributed by atoms with Crippen LogP contribution in [0.3, 0.4) is 0 Å². The summed E-state index contributed by atoms with van der Waals surface area (Å²) in [6, 6.07) is 6.06. The molecule has 0 aliphatic carbocycles. The number of halogens is 1. The van der Waals surface area contributed by atoms with E-state index in [0.29, 0.717) is 11.9 Å². The van der Waals surface area contributed by atoms with Gasteiger partial charge in [-0.05, 0) is 36.6 Å². The number of nitrogens with two attached hydrogens (primary N) is 1. The van der Waals surface area contributed by atoms with E-state index in [9.17, 15) is 0 Å². The van der Waals surface area contributed by atoms with Crippen molar-refractivity contribution >= 4 is 27.6 Å². The fourth-order valence-corrected chi connectivity index (χ4v) is 1.88. The second kappa shape index (κ2) is 5.89. The summed E-state index contributed by atoms with van der Waals surface area (Å²) < 4.78 is 1.03. The third-order valence-corrected chi connectivity index (χ3v) is 2.40. The van der Waals surface area contributed by atoms with E-state index < -0.39 is 0 Å². The van der Waals surface area contributed by atoms with Crippen molar-refractivity contribution in [3.8, 4) is 0 Å². The number of hydrogen-bond donors (Lipinski definition) is 2. The number of nitrogens with zero attached hydrogens (tertiary/aromatic N) is 1. The maximum absolute atomic E-state index is 5.78. The molecule has 0 bridgehead atoms. The third-order valence-electron chi connectivity index (χ3n) is 1.94. The Hall–Kier alpha value is -1.03. The van der Waals surface area contributed by atoms with Gasteiger partial charge in [-0.15, -0.1) is 0 Å². The van der Waals surface area contributed by atoms with E-state index in [-0.39, 0.29) is 0 Å². The molecule has 0 saturated carbocycles. The molecule has 0 spiro atoms. The van der Waals surface area contributed by atoms with Gasteiger partial charge in [0, 0.05) is 16.7 Å². The van der Waals surface area contributed by atoms with E-state index >= 15 is 0 Å². The lowest BCUT2D eigenvalue weighted by Crippen LogP contribution is -2.23. The molecule has 0 amide bonds. The van der Waals surface area contributed by atoms with Gasteiger partial charge in [0.25, 0.3) is 0 Å². The normalized spacial score (nSPS) is 11.9. The smallest absolute Gasteiger partial charge is 0.193 e. The predicted molar refractivity (Wildman–Crippen MR) is 73.8 cm³/mol. The number of benzene rings is 1. The van der Waals surface area contributed by atoms with Crippen LogP contribution in [0, 0.1) is 12.8 Å². The molecule has 1 aromatic carbocycles. The third kappa shape index (κ3) is 4.66. The van der Waals surface area contributed by atoms with E-state index in [1.54, 1.807) is 0 Å². The van der Waals surface area contributed by atoms with Crippen LogP contribution in [0.1, 0.15) is 19.4 Å². The SMILES string of the molecule is Cc1cc(Br)cc(NC(N)=NCC(C)C)c1. The maximum Gasteiger partial charge on any atom is 0.193 e. The minimum Gasteiger partial charge on any atom is -0.370 e. The molecule has 3 N–H and O–H groups in total. The molecule has 4 heteroatoms. The van der Waals surface area contributed by atoms with Gasteiger partial charge in [-0.2, -0.15) is 0 Å². The molecule has 0 unspecified atom stereocenters. The summed E-state index contributed by atoms with van der Waals surface area (Å²) in [6.45, 7) is 7.00. The fraction of sp³-hybridized carbons (Fsp3) is 0.417. The van der Waals surface area contributed by atoms with Gasteiger partial charge in [0.15, 0.2) is 5.96 Å². The van der Waals surface area contributed by atoms with Crippen molar-refractivity contribution in [2.75, 3.05) is 11.9 Å². The first-order valence-corrected chi connectivity index (χ1v) is 6.11. The molecule has 16 heavy (non-hydrogen) atoms. The van der Waals surface area contributed by atoms with Crippen molar-refractivity contribution in [2.24, 2.45) is 16.6 Å². The average Bonchev–Trinajstić information content (AvgIpc) is 2.12. The molecule has 88 valence electrons. The Kier molecular flexibility index (Phi) is 4.80. The summed E-state index contributed by atoms with van der Waals surface area (Å²) in [5, 5.41) is 3.08. The molecular formula is C12H18BrN3. The summed E-state index contributed by atoms with van der Waals surface area (Å²) in [5.41, 5.74) is 7.91. The fourth-order valence-electron chi connectivity index (χ4n) is 1.28. The molecule has 1 rings (SSSR count).